The van der Waals surface area contributed by atoms with Crippen molar-refractivity contribution in [2.24, 2.45) is 9.98 Å². The maximum absolute atomic E-state index is 11.9. The fourth-order valence-corrected chi connectivity index (χ4v) is 2.68. The Hall–Kier alpha value is -1.79. The summed E-state index contributed by atoms with van der Waals surface area (Å²) in [5, 5.41) is 0. The van der Waals surface area contributed by atoms with Gasteiger partial charge in [0.05, 0.1) is 10.6 Å². The third kappa shape index (κ3) is 4.71. The average Bonchev–Trinajstić information content (AvgIpc) is 2.83. The number of aliphatic imine (C=N–C) groups is 2. The van der Waals surface area contributed by atoms with Crippen molar-refractivity contribution >= 4 is 30.7 Å². The van der Waals surface area contributed by atoms with Gasteiger partial charge < -0.3 is 0 Å². The first-order valence-electron chi connectivity index (χ1n) is 6.36. The number of hydrogen-bond acceptors (Lipinski definition) is 5. The second-order valence-corrected chi connectivity index (χ2v) is 5.39. The van der Waals surface area contributed by atoms with Gasteiger partial charge in [-0.1, -0.05) is 6.92 Å². The van der Waals surface area contributed by atoms with Gasteiger partial charge in [0.2, 0.25) is 0 Å². The number of amides is 1. The van der Waals surface area contributed by atoms with Crippen molar-refractivity contribution in [3.05, 3.63) is 33.3 Å². The number of nitrogens with one attached hydrogen (secondary N) is 2. The van der Waals surface area contributed by atoms with E-state index in [2.05, 4.69) is 41.2 Å². The Morgan fingerprint density at radius 1 is 1.50 bits per heavy atom. The number of hydrogen-bond donors (Lipinski definition) is 2. The van der Waals surface area contributed by atoms with Crippen molar-refractivity contribution in [1.29, 1.82) is 0 Å². The Kier molecular flexibility index (Phi) is 6.83. The number of rotatable bonds is 8. The van der Waals surface area contributed by atoms with Gasteiger partial charge in [-0.05, 0) is 38.4 Å². The molecule has 0 aliphatic carbocycles. The molecule has 0 aliphatic rings. The van der Waals surface area contributed by atoms with Crippen LogP contribution in [0.25, 0.3) is 0 Å². The topological polar surface area (TPSA) is 65.8 Å². The van der Waals surface area contributed by atoms with Crippen molar-refractivity contribution in [3.63, 3.8) is 0 Å². The quantitative estimate of drug-likeness (QED) is 0.439. The minimum absolute atomic E-state index is 0.114. The molecule has 0 aliphatic heterocycles. The number of thiophene rings is 1. The van der Waals surface area contributed by atoms with E-state index in [0.717, 1.165) is 17.0 Å². The molecule has 108 valence electrons. The summed E-state index contributed by atoms with van der Waals surface area (Å²) in [6.07, 6.45) is 3.11. The van der Waals surface area contributed by atoms with Gasteiger partial charge in [-0.25, -0.2) is 5.43 Å². The van der Waals surface area contributed by atoms with Crippen LogP contribution in [0, 0.1) is 6.92 Å². The lowest BCUT2D eigenvalue weighted by molar-refractivity contribution is 0.0937. The van der Waals surface area contributed by atoms with Gasteiger partial charge >= 0.3 is 0 Å². The molecule has 1 amide bonds. The second-order valence-electron chi connectivity index (χ2n) is 4.14. The smallest absolute Gasteiger partial charge is 0.275 e. The highest BCUT2D eigenvalue weighted by atomic mass is 32.1. The predicted octanol–water partition coefficient (Wildman–Crippen LogP) is 2.49. The number of aryl methyl sites for hydroxylation is 2. The maximum atomic E-state index is 11.9. The first-order chi connectivity index (χ1) is 9.62. The monoisotopic (exact) mass is 292 g/mol. The van der Waals surface area contributed by atoms with E-state index in [1.54, 1.807) is 6.20 Å². The van der Waals surface area contributed by atoms with Crippen LogP contribution in [0.4, 0.5) is 0 Å². The molecular weight excluding hydrogens is 272 g/mol. The van der Waals surface area contributed by atoms with Crippen molar-refractivity contribution in [2.75, 3.05) is 6.54 Å². The van der Waals surface area contributed by atoms with Crippen molar-refractivity contribution in [1.82, 2.24) is 10.9 Å². The van der Waals surface area contributed by atoms with Crippen LogP contribution in [0.1, 0.15) is 33.5 Å². The van der Waals surface area contributed by atoms with Crippen molar-refractivity contribution < 1.29 is 4.79 Å². The molecule has 1 aromatic rings. The summed E-state index contributed by atoms with van der Waals surface area (Å²) in [6, 6.07) is 1.94. The molecule has 0 bridgehead atoms. The Morgan fingerprint density at radius 2 is 2.25 bits per heavy atom. The largest absolute Gasteiger partial charge is 0.287 e. The van der Waals surface area contributed by atoms with E-state index in [4.69, 9.17) is 0 Å². The van der Waals surface area contributed by atoms with E-state index in [-0.39, 0.29) is 5.91 Å². The zero-order chi connectivity index (χ0) is 15.0. The molecule has 0 saturated heterocycles. The van der Waals surface area contributed by atoms with E-state index >= 15 is 0 Å². The molecular formula is C14H20N4OS. The van der Waals surface area contributed by atoms with Gasteiger partial charge in [-0.15, -0.1) is 11.3 Å². The molecule has 0 saturated carbocycles. The van der Waals surface area contributed by atoms with Crippen LogP contribution >= 0.6 is 11.3 Å². The minimum atomic E-state index is -0.114. The molecule has 1 aromatic heterocycles. The third-order valence-corrected chi connectivity index (χ3v) is 3.87. The molecule has 1 rings (SSSR count). The van der Waals surface area contributed by atoms with Gasteiger partial charge in [-0.3, -0.25) is 20.2 Å². The summed E-state index contributed by atoms with van der Waals surface area (Å²) in [7, 11) is 0. The zero-order valence-electron chi connectivity index (χ0n) is 11.9. The Balaban J connectivity index is 2.41. The summed E-state index contributed by atoms with van der Waals surface area (Å²) >= 11 is 1.51. The first kappa shape index (κ1) is 16.3. The van der Waals surface area contributed by atoms with Gasteiger partial charge in [0.25, 0.3) is 5.91 Å². The SMILES string of the molecule is C=N/C=C(/CCNNC(=O)c1cc(CC)c(C)s1)N=C. The molecule has 20 heavy (non-hydrogen) atoms. The van der Waals surface area contributed by atoms with Crippen LogP contribution in [-0.2, 0) is 6.42 Å². The van der Waals surface area contributed by atoms with Crippen LogP contribution in [0.5, 0.6) is 0 Å². The lowest BCUT2D eigenvalue weighted by atomic mass is 10.2. The summed E-state index contributed by atoms with van der Waals surface area (Å²) in [5.41, 5.74) is 7.49. The Labute approximate surface area is 123 Å². The molecule has 1 heterocycles. The van der Waals surface area contributed by atoms with E-state index in [1.807, 2.05) is 13.0 Å². The number of carbonyl (C=O) groups is 1. The molecule has 0 atom stereocenters. The molecule has 0 spiro atoms. The molecule has 0 fully saturated rings. The molecule has 0 unspecified atom stereocenters. The molecule has 0 aromatic carbocycles. The summed E-state index contributed by atoms with van der Waals surface area (Å²) in [5.74, 6) is -0.114. The summed E-state index contributed by atoms with van der Waals surface area (Å²) in [6.45, 7) is 11.5. The third-order valence-electron chi connectivity index (χ3n) is 2.78. The molecule has 2 N–H and O–H groups in total. The van der Waals surface area contributed by atoms with Crippen molar-refractivity contribution in [3.8, 4) is 0 Å². The first-order valence-corrected chi connectivity index (χ1v) is 7.18. The highest BCUT2D eigenvalue weighted by molar-refractivity contribution is 7.14. The minimum Gasteiger partial charge on any atom is -0.287 e. The number of carbonyl (C=O) groups excluding carboxylic acids is 1. The lowest BCUT2D eigenvalue weighted by Crippen LogP contribution is -2.37. The molecule has 0 radical (unpaired) electrons. The van der Waals surface area contributed by atoms with Crippen LogP contribution in [0.15, 0.2) is 27.9 Å². The maximum Gasteiger partial charge on any atom is 0.275 e. The van der Waals surface area contributed by atoms with Crippen LogP contribution in [-0.4, -0.2) is 25.9 Å². The van der Waals surface area contributed by atoms with Crippen molar-refractivity contribution in [2.45, 2.75) is 26.7 Å². The zero-order valence-corrected chi connectivity index (χ0v) is 12.7. The molecule has 5 nitrogen and oxygen atoms in total. The van der Waals surface area contributed by atoms with E-state index in [0.29, 0.717) is 13.0 Å². The standard InChI is InChI=1S/C14H20N4OS/c1-5-11-8-13(20-10(11)2)14(19)18-17-7-6-12(16-4)9-15-3/h8-9,17H,3-7H2,1-2H3,(H,18,19)/b12-9-. The van der Waals surface area contributed by atoms with E-state index in [1.165, 1.54) is 21.8 Å². The van der Waals surface area contributed by atoms with Gasteiger partial charge in [0.15, 0.2) is 0 Å². The van der Waals surface area contributed by atoms with Gasteiger partial charge in [0.1, 0.15) is 0 Å². The van der Waals surface area contributed by atoms with E-state index < -0.39 is 0 Å². The normalized spacial score (nSPS) is 11.2. The lowest BCUT2D eigenvalue weighted by Gasteiger charge is -2.05. The van der Waals surface area contributed by atoms with Gasteiger partial charge in [0, 0.05) is 24.0 Å². The number of hydrazine groups is 1. The predicted molar refractivity (Wildman–Crippen MR) is 85.7 cm³/mol. The Bertz CT molecular complexity index is 519. The fraction of sp³-hybridized carbons (Fsp3) is 0.357. The highest BCUT2D eigenvalue weighted by Gasteiger charge is 2.10. The highest BCUT2D eigenvalue weighted by Crippen LogP contribution is 2.21. The summed E-state index contributed by atoms with van der Waals surface area (Å²) in [4.78, 5) is 21.3. The van der Waals surface area contributed by atoms with Crippen LogP contribution in [0.2, 0.25) is 0 Å². The van der Waals surface area contributed by atoms with Crippen LogP contribution < -0.4 is 10.9 Å². The fourth-order valence-electron chi connectivity index (χ4n) is 1.67. The Morgan fingerprint density at radius 3 is 2.80 bits per heavy atom. The van der Waals surface area contributed by atoms with E-state index in [9.17, 15) is 4.79 Å². The number of nitrogens with zero attached hydrogens (tertiary/aromatic N) is 2. The second kappa shape index (κ2) is 8.39. The molecule has 6 heteroatoms. The average molecular weight is 292 g/mol. The van der Waals surface area contributed by atoms with Crippen LogP contribution in [0.3, 0.4) is 0 Å². The van der Waals surface area contributed by atoms with Gasteiger partial charge in [-0.2, -0.15) is 0 Å². The summed E-state index contributed by atoms with van der Waals surface area (Å²) < 4.78 is 0.